The zero-order valence-corrected chi connectivity index (χ0v) is 17.2. The van der Waals surface area contributed by atoms with Crippen LogP contribution in [0.5, 0.6) is 0 Å². The Kier molecular flexibility index (Phi) is 4.97. The summed E-state index contributed by atoms with van der Waals surface area (Å²) in [6.45, 7) is 2.10. The normalized spacial score (nSPS) is 36.2. The zero-order valence-electron chi connectivity index (χ0n) is 14.4. The minimum atomic E-state index is -4.76. The van der Waals surface area contributed by atoms with Crippen LogP contribution in [-0.4, -0.2) is 18.8 Å². The molecule has 0 aromatic heterocycles. The van der Waals surface area contributed by atoms with Gasteiger partial charge in [0, 0.05) is 17.8 Å². The first-order chi connectivity index (χ1) is 11.3. The van der Waals surface area contributed by atoms with Crippen LogP contribution >= 0.6 is 0 Å². The molecule has 0 radical (unpaired) electrons. The number of ketones is 1. The second-order valence-electron chi connectivity index (χ2n) is 7.33. The van der Waals surface area contributed by atoms with Gasteiger partial charge in [0.25, 0.3) is 10.4 Å². The van der Waals surface area contributed by atoms with Crippen molar-refractivity contribution in [3.8, 4) is 0 Å². The molecular formula is C18H19NaO5S. The van der Waals surface area contributed by atoms with Crippen molar-refractivity contribution in [2.24, 2.45) is 23.2 Å². The zero-order chi connectivity index (χ0) is 17.1. The van der Waals surface area contributed by atoms with Crippen molar-refractivity contribution in [2.45, 2.75) is 32.6 Å². The second-order valence-corrected chi connectivity index (χ2v) is 8.32. The number of allylic oxidation sites excluding steroid dienone is 7. The summed E-state index contributed by atoms with van der Waals surface area (Å²) in [5.41, 5.74) is 2.09. The van der Waals surface area contributed by atoms with Crippen molar-refractivity contribution >= 4 is 16.2 Å². The SMILES string of the molecule is C[C@]12CC[C@H]3C(=CC=C4C=C(OS(=O)(=O)[O-])C=C[C@@H]43)[C@@H]1CCC2=O.[Na+]. The van der Waals surface area contributed by atoms with Crippen LogP contribution in [0.2, 0.25) is 0 Å². The van der Waals surface area contributed by atoms with Crippen LogP contribution in [0.4, 0.5) is 0 Å². The molecule has 4 rings (SSSR count). The first-order valence-corrected chi connectivity index (χ1v) is 9.61. The number of rotatable bonds is 2. The van der Waals surface area contributed by atoms with Crippen LogP contribution in [0, 0.1) is 23.2 Å². The van der Waals surface area contributed by atoms with Gasteiger partial charge in [0.05, 0.1) is 0 Å². The van der Waals surface area contributed by atoms with Crippen molar-refractivity contribution in [3.63, 3.8) is 0 Å². The number of fused-ring (bicyclic) bond motifs is 5. The van der Waals surface area contributed by atoms with E-state index < -0.39 is 10.4 Å². The summed E-state index contributed by atoms with van der Waals surface area (Å²) >= 11 is 0. The molecule has 25 heavy (non-hydrogen) atoms. The van der Waals surface area contributed by atoms with Gasteiger partial charge in [-0.3, -0.25) is 4.79 Å². The summed E-state index contributed by atoms with van der Waals surface area (Å²) < 4.78 is 36.7. The molecule has 4 aliphatic carbocycles. The summed E-state index contributed by atoms with van der Waals surface area (Å²) in [5.74, 6) is 1.26. The van der Waals surface area contributed by atoms with E-state index >= 15 is 0 Å². The molecule has 4 atom stereocenters. The Balaban J connectivity index is 0.00000182. The van der Waals surface area contributed by atoms with Gasteiger partial charge in [0.15, 0.2) is 0 Å². The van der Waals surface area contributed by atoms with Crippen molar-refractivity contribution < 1.29 is 51.5 Å². The Morgan fingerprint density at radius 3 is 2.76 bits per heavy atom. The smallest absolute Gasteiger partial charge is 0.716 e. The van der Waals surface area contributed by atoms with Gasteiger partial charge in [0.1, 0.15) is 11.5 Å². The van der Waals surface area contributed by atoms with E-state index in [1.165, 1.54) is 5.57 Å². The third kappa shape index (κ3) is 3.23. The summed E-state index contributed by atoms with van der Waals surface area (Å²) in [4.78, 5) is 12.3. The molecule has 2 fully saturated rings. The van der Waals surface area contributed by atoms with Crippen LogP contribution in [0.1, 0.15) is 32.6 Å². The van der Waals surface area contributed by atoms with E-state index in [0.717, 1.165) is 24.8 Å². The Morgan fingerprint density at radius 1 is 1.28 bits per heavy atom. The third-order valence-electron chi connectivity index (χ3n) is 6.13. The minimum Gasteiger partial charge on any atom is -0.716 e. The maximum atomic E-state index is 12.3. The first kappa shape index (κ1) is 19.1. The Morgan fingerprint density at radius 2 is 2.04 bits per heavy atom. The van der Waals surface area contributed by atoms with Gasteiger partial charge in [-0.15, -0.1) is 0 Å². The molecule has 128 valence electrons. The van der Waals surface area contributed by atoms with Crippen molar-refractivity contribution in [1.82, 2.24) is 0 Å². The molecule has 2 saturated carbocycles. The average molecular weight is 370 g/mol. The van der Waals surface area contributed by atoms with E-state index in [0.29, 0.717) is 24.0 Å². The Labute approximate surface area is 170 Å². The topological polar surface area (TPSA) is 83.5 Å². The van der Waals surface area contributed by atoms with E-state index in [9.17, 15) is 17.8 Å². The molecule has 0 unspecified atom stereocenters. The number of carbonyl (C=O) groups is 1. The van der Waals surface area contributed by atoms with E-state index in [1.807, 2.05) is 12.2 Å². The maximum Gasteiger partial charge on any atom is 1.00 e. The third-order valence-corrected chi connectivity index (χ3v) is 6.53. The summed E-state index contributed by atoms with van der Waals surface area (Å²) in [5, 5.41) is 0. The van der Waals surface area contributed by atoms with E-state index in [4.69, 9.17) is 0 Å². The first-order valence-electron chi connectivity index (χ1n) is 8.28. The summed E-state index contributed by atoms with van der Waals surface area (Å²) in [7, 11) is -4.76. The molecule has 0 aromatic carbocycles. The number of Topliss-reactive ketones (excluding diaryl/α,β-unsaturated/α-hetero) is 1. The molecule has 0 aromatic rings. The van der Waals surface area contributed by atoms with Crippen LogP contribution < -0.4 is 29.6 Å². The fourth-order valence-electron chi connectivity index (χ4n) is 4.94. The molecule has 0 amide bonds. The van der Waals surface area contributed by atoms with Crippen molar-refractivity contribution in [1.29, 1.82) is 0 Å². The van der Waals surface area contributed by atoms with Gasteiger partial charge in [-0.2, -0.15) is 0 Å². The van der Waals surface area contributed by atoms with Crippen LogP contribution in [-0.2, 0) is 19.4 Å². The molecular weight excluding hydrogens is 351 g/mol. The fraction of sp³-hybridized carbons (Fsp3) is 0.500. The van der Waals surface area contributed by atoms with E-state index in [2.05, 4.69) is 17.2 Å². The monoisotopic (exact) mass is 370 g/mol. The molecule has 4 aliphatic rings. The number of carbonyl (C=O) groups excluding carboxylic acids is 1. The van der Waals surface area contributed by atoms with Gasteiger partial charge in [-0.05, 0) is 48.8 Å². The van der Waals surface area contributed by atoms with E-state index in [1.54, 1.807) is 12.2 Å². The second kappa shape index (κ2) is 6.50. The van der Waals surface area contributed by atoms with Gasteiger partial charge in [0.2, 0.25) is 0 Å². The van der Waals surface area contributed by atoms with Crippen molar-refractivity contribution in [3.05, 3.63) is 47.3 Å². The molecule has 7 heteroatoms. The summed E-state index contributed by atoms with van der Waals surface area (Å²) in [6.07, 6.45) is 12.6. The largest absolute Gasteiger partial charge is 1.00 e. The number of hydrogen-bond acceptors (Lipinski definition) is 5. The maximum absolute atomic E-state index is 12.3. The molecule has 0 saturated heterocycles. The van der Waals surface area contributed by atoms with Gasteiger partial charge in [-0.1, -0.05) is 30.7 Å². The predicted octanol–water partition coefficient (Wildman–Crippen LogP) is -0.201. The van der Waals surface area contributed by atoms with Crippen molar-refractivity contribution in [2.75, 3.05) is 0 Å². The Hall–Kier alpha value is -0.660. The van der Waals surface area contributed by atoms with Crippen LogP contribution in [0.15, 0.2) is 47.3 Å². The minimum absolute atomic E-state index is 0. The number of hydrogen-bond donors (Lipinski definition) is 0. The van der Waals surface area contributed by atoms with Gasteiger partial charge < -0.3 is 8.74 Å². The van der Waals surface area contributed by atoms with E-state index in [-0.39, 0.29) is 46.6 Å². The average Bonchev–Trinajstić information content (AvgIpc) is 2.81. The van der Waals surface area contributed by atoms with Gasteiger partial charge >= 0.3 is 29.6 Å². The molecule has 0 bridgehead atoms. The molecule has 0 spiro atoms. The van der Waals surface area contributed by atoms with Gasteiger partial charge in [-0.25, -0.2) is 8.42 Å². The van der Waals surface area contributed by atoms with Crippen LogP contribution in [0.25, 0.3) is 0 Å². The molecule has 0 aliphatic heterocycles. The fourth-order valence-corrected chi connectivity index (χ4v) is 5.27. The molecule has 5 nitrogen and oxygen atoms in total. The quantitative estimate of drug-likeness (QED) is 0.382. The molecule has 0 heterocycles. The predicted molar refractivity (Wildman–Crippen MR) is 86.2 cm³/mol. The standard InChI is InChI=1S/C18H20O5S.Na/c1-18-9-8-14-13-5-3-12(23-24(20,21)22)10-11(13)2-4-15(14)16(18)6-7-17(18)19;/h2-5,10,13-14,16H,6-9H2,1H3,(H,20,21,22);/q;+1/p-1/t13-,14+,16-,18-;/m0./s1. The van der Waals surface area contributed by atoms with Crippen LogP contribution in [0.3, 0.4) is 0 Å². The Bertz CT molecular complexity index is 836. The molecule has 0 N–H and O–H groups in total. The summed E-state index contributed by atoms with van der Waals surface area (Å²) in [6, 6.07) is 0.